The van der Waals surface area contributed by atoms with Crippen molar-refractivity contribution in [3.63, 3.8) is 0 Å². The molecule has 2 aromatic rings. The number of pyridine rings is 1. The molecule has 0 bridgehead atoms. The van der Waals surface area contributed by atoms with Crippen LogP contribution in [0.25, 0.3) is 10.8 Å². The summed E-state index contributed by atoms with van der Waals surface area (Å²) in [4.78, 5) is 6.60. The second-order valence-electron chi connectivity index (χ2n) is 7.27. The smallest absolute Gasteiger partial charge is 0.165 e. The Hall–Kier alpha value is -1.68. The van der Waals surface area contributed by atoms with Gasteiger partial charge in [0.1, 0.15) is 6.10 Å². The number of rotatable bonds is 4. The van der Waals surface area contributed by atoms with Crippen molar-refractivity contribution in [2.45, 2.75) is 44.6 Å². The number of halogens is 1. The van der Waals surface area contributed by atoms with Crippen molar-refractivity contribution in [3.05, 3.63) is 36.4 Å². The van der Waals surface area contributed by atoms with E-state index in [1.807, 2.05) is 6.07 Å². The van der Waals surface area contributed by atoms with Crippen molar-refractivity contribution in [3.8, 4) is 5.75 Å². The molecule has 24 heavy (non-hydrogen) atoms. The Morgan fingerprint density at radius 2 is 1.88 bits per heavy atom. The summed E-state index contributed by atoms with van der Waals surface area (Å²) < 4.78 is 20.2. The second-order valence-corrected chi connectivity index (χ2v) is 7.27. The lowest BCUT2D eigenvalue weighted by Crippen LogP contribution is -2.40. The van der Waals surface area contributed by atoms with Crippen LogP contribution in [-0.2, 0) is 0 Å². The van der Waals surface area contributed by atoms with E-state index in [4.69, 9.17) is 4.74 Å². The molecule has 1 saturated heterocycles. The SMILES string of the molecule is Fc1cc2cnccc2cc1OC1CCN(CC2CCCC2)CC1. The molecule has 4 rings (SSSR count). The zero-order valence-electron chi connectivity index (χ0n) is 14.1. The van der Waals surface area contributed by atoms with Gasteiger partial charge in [-0.15, -0.1) is 0 Å². The minimum absolute atomic E-state index is 0.124. The van der Waals surface area contributed by atoms with Gasteiger partial charge >= 0.3 is 0 Å². The summed E-state index contributed by atoms with van der Waals surface area (Å²) >= 11 is 0. The fourth-order valence-electron chi connectivity index (χ4n) is 4.12. The van der Waals surface area contributed by atoms with E-state index >= 15 is 0 Å². The van der Waals surface area contributed by atoms with Gasteiger partial charge in [-0.2, -0.15) is 0 Å². The van der Waals surface area contributed by atoms with Crippen molar-refractivity contribution < 1.29 is 9.13 Å². The summed E-state index contributed by atoms with van der Waals surface area (Å²) in [6.07, 6.45) is 11.1. The molecule has 3 nitrogen and oxygen atoms in total. The molecular formula is C20H25FN2O. The van der Waals surface area contributed by atoms with Gasteiger partial charge in [-0.1, -0.05) is 12.8 Å². The summed E-state index contributed by atoms with van der Waals surface area (Å²) in [6.45, 7) is 3.38. The number of benzene rings is 1. The Bertz CT molecular complexity index is 691. The Morgan fingerprint density at radius 1 is 1.08 bits per heavy atom. The lowest BCUT2D eigenvalue weighted by molar-refractivity contribution is 0.0888. The largest absolute Gasteiger partial charge is 0.487 e. The van der Waals surface area contributed by atoms with Crippen LogP contribution in [0.1, 0.15) is 38.5 Å². The molecule has 128 valence electrons. The molecule has 0 radical (unpaired) electrons. The topological polar surface area (TPSA) is 25.4 Å². The van der Waals surface area contributed by atoms with Gasteiger partial charge in [0.2, 0.25) is 0 Å². The van der Waals surface area contributed by atoms with E-state index in [0.717, 1.165) is 42.6 Å². The van der Waals surface area contributed by atoms with Crippen molar-refractivity contribution in [2.75, 3.05) is 19.6 Å². The normalized spacial score (nSPS) is 20.7. The highest BCUT2D eigenvalue weighted by molar-refractivity contribution is 5.83. The van der Waals surface area contributed by atoms with Crippen LogP contribution in [0.4, 0.5) is 4.39 Å². The molecular weight excluding hydrogens is 303 g/mol. The number of hydrogen-bond acceptors (Lipinski definition) is 3. The highest BCUT2D eigenvalue weighted by Gasteiger charge is 2.24. The molecule has 0 unspecified atom stereocenters. The summed E-state index contributed by atoms with van der Waals surface area (Å²) in [6, 6.07) is 5.22. The molecule has 1 aromatic heterocycles. The van der Waals surface area contributed by atoms with Crippen LogP contribution in [0, 0.1) is 11.7 Å². The zero-order chi connectivity index (χ0) is 16.4. The number of ether oxygens (including phenoxy) is 1. The number of likely N-dealkylation sites (tertiary alicyclic amines) is 1. The maximum atomic E-state index is 14.3. The lowest BCUT2D eigenvalue weighted by Gasteiger charge is -2.33. The third kappa shape index (κ3) is 3.54. The molecule has 0 spiro atoms. The predicted molar refractivity (Wildman–Crippen MR) is 93.7 cm³/mol. The number of nitrogens with zero attached hydrogens (tertiary/aromatic N) is 2. The fraction of sp³-hybridized carbons (Fsp3) is 0.550. The van der Waals surface area contributed by atoms with E-state index in [9.17, 15) is 4.39 Å². The van der Waals surface area contributed by atoms with Crippen LogP contribution >= 0.6 is 0 Å². The Labute approximate surface area is 142 Å². The minimum atomic E-state index is -0.288. The van der Waals surface area contributed by atoms with Gasteiger partial charge in [0, 0.05) is 37.4 Å². The fourth-order valence-corrected chi connectivity index (χ4v) is 4.12. The molecule has 0 atom stereocenters. The van der Waals surface area contributed by atoms with E-state index in [2.05, 4.69) is 9.88 Å². The molecule has 0 N–H and O–H groups in total. The Morgan fingerprint density at radius 3 is 2.67 bits per heavy atom. The standard InChI is InChI=1S/C20H25FN2O/c21-19-11-17-13-22-8-5-16(17)12-20(19)24-18-6-9-23(10-7-18)14-15-3-1-2-4-15/h5,8,11-13,15,18H,1-4,6-7,9-10,14H2. The first-order valence-electron chi connectivity index (χ1n) is 9.20. The first kappa shape index (κ1) is 15.8. The van der Waals surface area contributed by atoms with E-state index < -0.39 is 0 Å². The van der Waals surface area contributed by atoms with Gasteiger partial charge in [0.05, 0.1) is 0 Å². The van der Waals surface area contributed by atoms with Gasteiger partial charge in [-0.3, -0.25) is 4.98 Å². The van der Waals surface area contributed by atoms with Gasteiger partial charge in [0.15, 0.2) is 11.6 Å². The third-order valence-electron chi connectivity index (χ3n) is 5.51. The molecule has 1 aromatic carbocycles. The number of fused-ring (bicyclic) bond motifs is 1. The maximum absolute atomic E-state index is 14.3. The third-order valence-corrected chi connectivity index (χ3v) is 5.51. The molecule has 1 aliphatic heterocycles. The Kier molecular flexibility index (Phi) is 4.65. The van der Waals surface area contributed by atoms with Crippen LogP contribution in [0.5, 0.6) is 5.75 Å². The van der Waals surface area contributed by atoms with E-state index in [-0.39, 0.29) is 11.9 Å². The molecule has 1 aliphatic carbocycles. The van der Waals surface area contributed by atoms with Gasteiger partial charge in [0.25, 0.3) is 0 Å². The predicted octanol–water partition coefficient (Wildman–Crippen LogP) is 4.41. The first-order chi connectivity index (χ1) is 11.8. The molecule has 2 aliphatic rings. The van der Waals surface area contributed by atoms with Crippen LogP contribution in [0.15, 0.2) is 30.6 Å². The van der Waals surface area contributed by atoms with Crippen molar-refractivity contribution in [1.82, 2.24) is 9.88 Å². The van der Waals surface area contributed by atoms with Crippen LogP contribution < -0.4 is 4.74 Å². The average Bonchev–Trinajstić information content (AvgIpc) is 3.10. The summed E-state index contributed by atoms with van der Waals surface area (Å²) in [5.41, 5.74) is 0. The monoisotopic (exact) mass is 328 g/mol. The van der Waals surface area contributed by atoms with E-state index in [1.54, 1.807) is 18.5 Å². The second kappa shape index (κ2) is 7.06. The zero-order valence-corrected chi connectivity index (χ0v) is 14.1. The van der Waals surface area contributed by atoms with Crippen molar-refractivity contribution >= 4 is 10.8 Å². The van der Waals surface area contributed by atoms with Gasteiger partial charge in [-0.05, 0) is 55.2 Å². The van der Waals surface area contributed by atoms with Crippen LogP contribution in [-0.4, -0.2) is 35.6 Å². The molecule has 4 heteroatoms. The van der Waals surface area contributed by atoms with Gasteiger partial charge < -0.3 is 9.64 Å². The molecule has 2 heterocycles. The van der Waals surface area contributed by atoms with E-state index in [1.165, 1.54) is 38.3 Å². The maximum Gasteiger partial charge on any atom is 0.165 e. The van der Waals surface area contributed by atoms with Gasteiger partial charge in [-0.25, -0.2) is 4.39 Å². The van der Waals surface area contributed by atoms with Crippen LogP contribution in [0.2, 0.25) is 0 Å². The van der Waals surface area contributed by atoms with Crippen molar-refractivity contribution in [1.29, 1.82) is 0 Å². The molecule has 2 fully saturated rings. The quantitative estimate of drug-likeness (QED) is 0.831. The van der Waals surface area contributed by atoms with Crippen LogP contribution in [0.3, 0.4) is 0 Å². The highest BCUT2D eigenvalue weighted by Crippen LogP contribution is 2.29. The highest BCUT2D eigenvalue weighted by atomic mass is 19.1. The number of hydrogen-bond donors (Lipinski definition) is 0. The Balaban J connectivity index is 1.35. The number of aromatic nitrogens is 1. The lowest BCUT2D eigenvalue weighted by atomic mass is 10.0. The average molecular weight is 328 g/mol. The number of piperidine rings is 1. The summed E-state index contributed by atoms with van der Waals surface area (Å²) in [5.74, 6) is 0.987. The summed E-state index contributed by atoms with van der Waals surface area (Å²) in [7, 11) is 0. The van der Waals surface area contributed by atoms with E-state index in [0.29, 0.717) is 5.75 Å². The van der Waals surface area contributed by atoms with Crippen molar-refractivity contribution in [2.24, 2.45) is 5.92 Å². The molecule has 1 saturated carbocycles. The molecule has 0 amide bonds. The summed E-state index contributed by atoms with van der Waals surface area (Å²) in [5, 5.41) is 1.79. The first-order valence-corrected chi connectivity index (χ1v) is 9.20. The minimum Gasteiger partial charge on any atom is -0.487 e.